The minimum atomic E-state index is -0.0820. The number of Topliss-reactive ketones (excluding diaryl/α,β-unsaturated/α-hetero) is 1. The van der Waals surface area contributed by atoms with Gasteiger partial charge in [-0.3, -0.25) is 9.69 Å². The summed E-state index contributed by atoms with van der Waals surface area (Å²) in [4.78, 5) is 26.6. The topological polar surface area (TPSA) is 40.6 Å². The molecule has 1 aliphatic heterocycles. The van der Waals surface area contributed by atoms with Crippen molar-refractivity contribution in [2.75, 3.05) is 18.0 Å². The molecule has 17 heavy (non-hydrogen) atoms. The summed E-state index contributed by atoms with van der Waals surface area (Å²) in [5.74, 6) is 0.00813. The van der Waals surface area contributed by atoms with Crippen molar-refractivity contribution in [2.24, 2.45) is 0 Å². The standard InChI is InChI=1S/C13H16N2O2/c1-3-15-12-7-5-4-6-11(12)9-14(13(15)17)8-10(2)16/h4-7H,3,8-9H2,1-2H3. The summed E-state index contributed by atoms with van der Waals surface area (Å²) in [5, 5.41) is 0. The molecule has 4 heteroatoms. The monoisotopic (exact) mass is 232 g/mol. The van der Waals surface area contributed by atoms with Crippen LogP contribution < -0.4 is 4.90 Å². The number of para-hydroxylation sites is 1. The molecule has 0 radical (unpaired) electrons. The highest BCUT2D eigenvalue weighted by atomic mass is 16.2. The van der Waals surface area contributed by atoms with Crippen LogP contribution in [-0.2, 0) is 11.3 Å². The van der Waals surface area contributed by atoms with E-state index in [-0.39, 0.29) is 18.4 Å². The number of ketones is 1. The Labute approximate surface area is 101 Å². The molecule has 0 saturated carbocycles. The third kappa shape index (κ3) is 2.16. The van der Waals surface area contributed by atoms with Crippen LogP contribution in [0.15, 0.2) is 24.3 Å². The number of rotatable bonds is 3. The normalized spacial score (nSPS) is 14.8. The smallest absolute Gasteiger partial charge is 0.313 e. The van der Waals surface area contributed by atoms with Gasteiger partial charge in [-0.1, -0.05) is 18.2 Å². The highest BCUT2D eigenvalue weighted by Crippen LogP contribution is 2.27. The van der Waals surface area contributed by atoms with Crippen LogP contribution in [0.25, 0.3) is 0 Å². The number of amides is 2. The fourth-order valence-corrected chi connectivity index (χ4v) is 2.15. The minimum absolute atomic E-state index is 0.00813. The van der Waals surface area contributed by atoms with Crippen molar-refractivity contribution in [3.8, 4) is 0 Å². The zero-order valence-corrected chi connectivity index (χ0v) is 10.1. The first-order chi connectivity index (χ1) is 8.13. The number of urea groups is 1. The number of carbonyl (C=O) groups is 2. The van der Waals surface area contributed by atoms with Crippen LogP contribution in [0, 0.1) is 0 Å². The van der Waals surface area contributed by atoms with Gasteiger partial charge in [-0.25, -0.2) is 4.79 Å². The van der Waals surface area contributed by atoms with Gasteiger partial charge < -0.3 is 4.90 Å². The second-order valence-electron chi connectivity index (χ2n) is 4.21. The molecule has 1 aromatic rings. The molecule has 0 aromatic heterocycles. The molecule has 0 N–H and O–H groups in total. The van der Waals surface area contributed by atoms with Gasteiger partial charge in [0, 0.05) is 13.1 Å². The number of benzene rings is 1. The maximum absolute atomic E-state index is 12.2. The maximum atomic E-state index is 12.2. The van der Waals surface area contributed by atoms with Gasteiger partial charge in [0.2, 0.25) is 0 Å². The molecule has 0 unspecified atom stereocenters. The van der Waals surface area contributed by atoms with E-state index in [0.29, 0.717) is 13.1 Å². The maximum Gasteiger partial charge on any atom is 0.325 e. The Balaban J connectivity index is 2.35. The van der Waals surface area contributed by atoms with Gasteiger partial charge in [0.1, 0.15) is 5.78 Å². The molecule has 0 aliphatic carbocycles. The van der Waals surface area contributed by atoms with Crippen LogP contribution in [0.3, 0.4) is 0 Å². The summed E-state index contributed by atoms with van der Waals surface area (Å²) in [6, 6.07) is 7.74. The summed E-state index contributed by atoms with van der Waals surface area (Å²) in [6.07, 6.45) is 0. The molecule has 2 amide bonds. The Morgan fingerprint density at radius 1 is 1.35 bits per heavy atom. The van der Waals surface area contributed by atoms with E-state index in [9.17, 15) is 9.59 Å². The van der Waals surface area contributed by atoms with Crippen molar-refractivity contribution in [1.82, 2.24) is 4.90 Å². The lowest BCUT2D eigenvalue weighted by Gasteiger charge is -2.36. The number of nitrogens with zero attached hydrogens (tertiary/aromatic N) is 2. The van der Waals surface area contributed by atoms with Crippen molar-refractivity contribution in [2.45, 2.75) is 20.4 Å². The van der Waals surface area contributed by atoms with Gasteiger partial charge in [0.05, 0.1) is 12.2 Å². The number of carbonyl (C=O) groups excluding carboxylic acids is 2. The number of hydrogen-bond acceptors (Lipinski definition) is 2. The van der Waals surface area contributed by atoms with E-state index < -0.39 is 0 Å². The molecule has 0 atom stereocenters. The number of hydrogen-bond donors (Lipinski definition) is 0. The lowest BCUT2D eigenvalue weighted by molar-refractivity contribution is -0.117. The average Bonchev–Trinajstić information content (AvgIpc) is 2.30. The molecule has 1 heterocycles. The van der Waals surface area contributed by atoms with Crippen molar-refractivity contribution >= 4 is 17.5 Å². The van der Waals surface area contributed by atoms with Crippen molar-refractivity contribution in [1.29, 1.82) is 0 Å². The first-order valence-corrected chi connectivity index (χ1v) is 5.77. The Morgan fingerprint density at radius 2 is 2.06 bits per heavy atom. The van der Waals surface area contributed by atoms with Gasteiger partial charge in [0.25, 0.3) is 0 Å². The molecular weight excluding hydrogens is 216 g/mol. The van der Waals surface area contributed by atoms with Gasteiger partial charge in [-0.2, -0.15) is 0 Å². The van der Waals surface area contributed by atoms with Crippen LogP contribution >= 0.6 is 0 Å². The first kappa shape index (κ1) is 11.6. The van der Waals surface area contributed by atoms with E-state index in [2.05, 4.69) is 0 Å². The molecule has 4 nitrogen and oxygen atoms in total. The van der Waals surface area contributed by atoms with E-state index in [0.717, 1.165) is 11.3 Å². The molecule has 90 valence electrons. The summed E-state index contributed by atoms with van der Waals surface area (Å²) in [7, 11) is 0. The molecule has 1 aromatic carbocycles. The van der Waals surface area contributed by atoms with E-state index >= 15 is 0 Å². The van der Waals surface area contributed by atoms with Crippen LogP contribution in [-0.4, -0.2) is 29.8 Å². The molecule has 1 aliphatic rings. The Bertz CT molecular complexity index is 456. The van der Waals surface area contributed by atoms with E-state index in [1.807, 2.05) is 31.2 Å². The number of fused-ring (bicyclic) bond motifs is 1. The van der Waals surface area contributed by atoms with Crippen LogP contribution in [0.5, 0.6) is 0 Å². The van der Waals surface area contributed by atoms with Gasteiger partial charge in [0.15, 0.2) is 0 Å². The molecule has 0 fully saturated rings. The van der Waals surface area contributed by atoms with Crippen LogP contribution in [0.4, 0.5) is 10.5 Å². The lowest BCUT2D eigenvalue weighted by Crippen LogP contribution is -2.48. The molecule has 0 bridgehead atoms. The van der Waals surface area contributed by atoms with E-state index in [4.69, 9.17) is 0 Å². The predicted octanol–water partition coefficient (Wildman–Crippen LogP) is 2.04. The number of anilines is 1. The molecule has 2 rings (SSSR count). The third-order valence-electron chi connectivity index (χ3n) is 2.87. The van der Waals surface area contributed by atoms with E-state index in [1.165, 1.54) is 6.92 Å². The SMILES string of the molecule is CCN1C(=O)N(CC(C)=O)Cc2ccccc21. The van der Waals surface area contributed by atoms with Gasteiger partial charge in [-0.05, 0) is 25.5 Å². The summed E-state index contributed by atoms with van der Waals surface area (Å²) < 4.78 is 0. The van der Waals surface area contributed by atoms with Crippen molar-refractivity contribution in [3.63, 3.8) is 0 Å². The highest BCUT2D eigenvalue weighted by molar-refractivity contribution is 5.96. The second-order valence-corrected chi connectivity index (χ2v) is 4.21. The van der Waals surface area contributed by atoms with Gasteiger partial charge in [-0.15, -0.1) is 0 Å². The van der Waals surface area contributed by atoms with E-state index in [1.54, 1.807) is 9.80 Å². The van der Waals surface area contributed by atoms with Gasteiger partial charge >= 0.3 is 6.03 Å². The quantitative estimate of drug-likeness (QED) is 0.800. The average molecular weight is 232 g/mol. The third-order valence-corrected chi connectivity index (χ3v) is 2.87. The largest absolute Gasteiger partial charge is 0.325 e. The van der Waals surface area contributed by atoms with Crippen LogP contribution in [0.1, 0.15) is 19.4 Å². The summed E-state index contributed by atoms with van der Waals surface area (Å²) in [6.45, 7) is 4.76. The summed E-state index contributed by atoms with van der Waals surface area (Å²) >= 11 is 0. The second kappa shape index (κ2) is 4.57. The molecular formula is C13H16N2O2. The zero-order chi connectivity index (χ0) is 12.4. The first-order valence-electron chi connectivity index (χ1n) is 5.77. The zero-order valence-electron chi connectivity index (χ0n) is 10.1. The molecule has 0 spiro atoms. The fraction of sp³-hybridized carbons (Fsp3) is 0.385. The Hall–Kier alpha value is -1.84. The van der Waals surface area contributed by atoms with Crippen molar-refractivity contribution < 1.29 is 9.59 Å². The minimum Gasteiger partial charge on any atom is -0.313 e. The summed E-state index contributed by atoms with van der Waals surface area (Å²) in [5.41, 5.74) is 2.05. The highest BCUT2D eigenvalue weighted by Gasteiger charge is 2.29. The van der Waals surface area contributed by atoms with Crippen molar-refractivity contribution in [3.05, 3.63) is 29.8 Å². The molecule has 0 saturated heterocycles. The predicted molar refractivity (Wildman–Crippen MR) is 65.9 cm³/mol. The lowest BCUT2D eigenvalue weighted by atomic mass is 10.1. The van der Waals surface area contributed by atoms with Crippen LogP contribution in [0.2, 0.25) is 0 Å². The fourth-order valence-electron chi connectivity index (χ4n) is 2.15. The Kier molecular flexibility index (Phi) is 3.13. The Morgan fingerprint density at radius 3 is 2.71 bits per heavy atom.